The molecular formula is C33H39NO5. The zero-order valence-electron chi connectivity index (χ0n) is 24.2. The van der Waals surface area contributed by atoms with Gasteiger partial charge in [-0.05, 0) is 105 Å². The number of carboxylic acid groups (broad SMARTS) is 1. The summed E-state index contributed by atoms with van der Waals surface area (Å²) in [6.07, 6.45) is -0.527. The molecule has 1 unspecified atom stereocenters. The molecule has 0 saturated carbocycles. The van der Waals surface area contributed by atoms with Crippen LogP contribution in [0.15, 0.2) is 36.4 Å². The normalized spacial score (nSPS) is 14.4. The Labute approximate surface area is 231 Å². The van der Waals surface area contributed by atoms with E-state index in [0.29, 0.717) is 12.0 Å². The summed E-state index contributed by atoms with van der Waals surface area (Å²) in [7, 11) is 1.77. The fourth-order valence-corrected chi connectivity index (χ4v) is 5.61. The number of hydrogen-bond donors (Lipinski definition) is 2. The van der Waals surface area contributed by atoms with Crippen LogP contribution >= 0.6 is 0 Å². The third kappa shape index (κ3) is 5.36. The first-order chi connectivity index (χ1) is 18.2. The van der Waals surface area contributed by atoms with E-state index in [1.807, 2.05) is 52.8 Å². The van der Waals surface area contributed by atoms with Crippen LogP contribution in [0.3, 0.4) is 0 Å². The van der Waals surface area contributed by atoms with Gasteiger partial charge in [-0.1, -0.05) is 36.4 Å². The van der Waals surface area contributed by atoms with Gasteiger partial charge in [0, 0.05) is 24.6 Å². The highest BCUT2D eigenvalue weighted by Gasteiger charge is 2.38. The van der Waals surface area contributed by atoms with E-state index in [0.717, 1.165) is 55.8 Å². The fourth-order valence-electron chi connectivity index (χ4n) is 5.61. The van der Waals surface area contributed by atoms with Crippen molar-refractivity contribution in [1.29, 1.82) is 0 Å². The highest BCUT2D eigenvalue weighted by molar-refractivity contribution is 6.04. The molecule has 1 aliphatic heterocycles. The van der Waals surface area contributed by atoms with E-state index in [9.17, 15) is 19.8 Å². The molecule has 0 saturated heterocycles. The van der Waals surface area contributed by atoms with Crippen LogP contribution in [0.2, 0.25) is 0 Å². The Balaban J connectivity index is 2.21. The van der Waals surface area contributed by atoms with Crippen LogP contribution in [0.25, 0.3) is 22.3 Å². The quantitative estimate of drug-likeness (QED) is 0.376. The number of aliphatic hydroxyl groups excluding tert-OH is 1. The van der Waals surface area contributed by atoms with Crippen LogP contribution < -0.4 is 4.90 Å². The van der Waals surface area contributed by atoms with Gasteiger partial charge >= 0.3 is 5.97 Å². The van der Waals surface area contributed by atoms with E-state index >= 15 is 0 Å². The topological polar surface area (TPSA) is 87.1 Å². The lowest BCUT2D eigenvalue weighted by molar-refractivity contribution is -0.160. The van der Waals surface area contributed by atoms with Crippen LogP contribution in [-0.2, 0) is 27.4 Å². The van der Waals surface area contributed by atoms with Crippen LogP contribution in [-0.4, -0.2) is 34.7 Å². The fraction of sp³-hybridized carbons (Fsp3) is 0.394. The highest BCUT2D eigenvalue weighted by atomic mass is 16.5. The zero-order chi connectivity index (χ0) is 28.8. The maximum Gasteiger partial charge on any atom is 0.337 e. The molecule has 1 amide bonds. The van der Waals surface area contributed by atoms with Crippen molar-refractivity contribution in [3.8, 4) is 22.3 Å². The number of fused-ring (bicyclic) bond motifs is 1. The standard InChI is InChI=1S/C33H39NO5/c1-18-9-10-23(15-19(18)2)28-21(4)27(22-11-12-24(17-35)20(3)16-22)29(31(32(37)38)39-33(5,6)7)25-13-14-26(36)34(8)30(25)28/h9-12,15-16,31,35H,13-14,17H2,1-8H3,(H,37,38). The third-order valence-electron chi connectivity index (χ3n) is 7.72. The number of amides is 1. The second-order valence-electron chi connectivity index (χ2n) is 11.6. The average Bonchev–Trinajstić information content (AvgIpc) is 2.85. The molecule has 4 rings (SSSR count). The number of ether oxygens (including phenoxy) is 1. The number of aliphatic carboxylic acids is 1. The molecule has 39 heavy (non-hydrogen) atoms. The number of aryl methyl sites for hydroxylation is 3. The van der Waals surface area contributed by atoms with Crippen molar-refractivity contribution < 1.29 is 24.5 Å². The van der Waals surface area contributed by atoms with Crippen LogP contribution in [0, 0.1) is 27.7 Å². The van der Waals surface area contributed by atoms with Crippen LogP contribution in [0.4, 0.5) is 5.69 Å². The molecule has 3 aromatic rings. The molecule has 0 spiro atoms. The summed E-state index contributed by atoms with van der Waals surface area (Å²) in [5.74, 6) is -1.08. The maximum absolute atomic E-state index is 13.0. The molecule has 1 aliphatic rings. The molecule has 0 aliphatic carbocycles. The lowest BCUT2D eigenvalue weighted by Crippen LogP contribution is -2.35. The molecule has 1 atom stereocenters. The minimum atomic E-state index is -1.24. The van der Waals surface area contributed by atoms with Gasteiger partial charge in [-0.15, -0.1) is 0 Å². The predicted molar refractivity (Wildman–Crippen MR) is 155 cm³/mol. The second kappa shape index (κ2) is 10.6. The molecule has 0 bridgehead atoms. The van der Waals surface area contributed by atoms with E-state index in [4.69, 9.17) is 4.74 Å². The molecule has 1 heterocycles. The Bertz CT molecular complexity index is 1460. The number of benzene rings is 3. The Morgan fingerprint density at radius 1 is 0.949 bits per heavy atom. The molecule has 6 heteroatoms. The van der Waals surface area contributed by atoms with E-state index in [2.05, 4.69) is 32.0 Å². The maximum atomic E-state index is 13.0. The Kier molecular flexibility index (Phi) is 7.75. The second-order valence-corrected chi connectivity index (χ2v) is 11.6. The van der Waals surface area contributed by atoms with Crippen molar-refractivity contribution in [2.45, 2.75) is 79.6 Å². The molecule has 0 aromatic heterocycles. The van der Waals surface area contributed by atoms with Gasteiger partial charge in [0.25, 0.3) is 0 Å². The van der Waals surface area contributed by atoms with Gasteiger partial charge in [-0.3, -0.25) is 4.79 Å². The molecular weight excluding hydrogens is 490 g/mol. The summed E-state index contributed by atoms with van der Waals surface area (Å²) in [5.41, 5.74) is 9.93. The third-order valence-corrected chi connectivity index (χ3v) is 7.72. The summed E-state index contributed by atoms with van der Waals surface area (Å²) in [4.78, 5) is 27.6. The first kappa shape index (κ1) is 28.5. The van der Waals surface area contributed by atoms with E-state index in [1.165, 1.54) is 5.56 Å². The van der Waals surface area contributed by atoms with Crippen molar-refractivity contribution in [2.24, 2.45) is 0 Å². The van der Waals surface area contributed by atoms with Crippen molar-refractivity contribution >= 4 is 17.6 Å². The number of anilines is 1. The van der Waals surface area contributed by atoms with Crippen LogP contribution in [0.5, 0.6) is 0 Å². The summed E-state index contributed by atoms with van der Waals surface area (Å²) < 4.78 is 6.24. The molecule has 6 nitrogen and oxygen atoms in total. The smallest absolute Gasteiger partial charge is 0.337 e. The van der Waals surface area contributed by atoms with E-state index in [1.54, 1.807) is 11.9 Å². The van der Waals surface area contributed by atoms with Crippen LogP contribution in [0.1, 0.15) is 72.2 Å². The molecule has 0 radical (unpaired) electrons. The number of carbonyl (C=O) groups is 2. The summed E-state index contributed by atoms with van der Waals surface area (Å²) in [6.45, 7) is 13.6. The molecule has 0 fully saturated rings. The Morgan fingerprint density at radius 3 is 2.13 bits per heavy atom. The summed E-state index contributed by atoms with van der Waals surface area (Å²) >= 11 is 0. The Morgan fingerprint density at radius 2 is 1.56 bits per heavy atom. The minimum absolute atomic E-state index is 0.00237. The van der Waals surface area contributed by atoms with Gasteiger partial charge in [0.05, 0.1) is 17.9 Å². The van der Waals surface area contributed by atoms with E-state index in [-0.39, 0.29) is 18.9 Å². The monoisotopic (exact) mass is 529 g/mol. The average molecular weight is 530 g/mol. The van der Waals surface area contributed by atoms with Gasteiger partial charge in [-0.2, -0.15) is 0 Å². The first-order valence-electron chi connectivity index (χ1n) is 13.4. The number of carboxylic acids is 1. The van der Waals surface area contributed by atoms with Gasteiger partial charge in [0.15, 0.2) is 6.10 Å². The Hall–Kier alpha value is -3.48. The summed E-state index contributed by atoms with van der Waals surface area (Å²) in [6, 6.07) is 12.1. The van der Waals surface area contributed by atoms with E-state index < -0.39 is 17.7 Å². The summed E-state index contributed by atoms with van der Waals surface area (Å²) in [5, 5.41) is 20.3. The van der Waals surface area contributed by atoms with Crippen molar-refractivity contribution in [3.05, 3.63) is 75.3 Å². The van der Waals surface area contributed by atoms with Gasteiger partial charge < -0.3 is 19.8 Å². The lowest BCUT2D eigenvalue weighted by Gasteiger charge is -2.36. The largest absolute Gasteiger partial charge is 0.479 e. The SMILES string of the molecule is Cc1ccc(-c2c(C)c(-c3ccc(CO)c(C)c3)c(C(OC(C)(C)C)C(=O)O)c3c2N(C)C(=O)CC3)cc1C. The zero-order valence-corrected chi connectivity index (χ0v) is 24.2. The van der Waals surface area contributed by atoms with Crippen molar-refractivity contribution in [2.75, 3.05) is 11.9 Å². The molecule has 3 aromatic carbocycles. The predicted octanol–water partition coefficient (Wildman–Crippen LogP) is 6.60. The number of hydrogen-bond acceptors (Lipinski definition) is 4. The number of nitrogens with zero attached hydrogens (tertiary/aromatic N) is 1. The van der Waals surface area contributed by atoms with Gasteiger partial charge in [-0.25, -0.2) is 4.79 Å². The first-order valence-corrected chi connectivity index (χ1v) is 13.4. The number of rotatable bonds is 6. The van der Waals surface area contributed by atoms with Gasteiger partial charge in [0.1, 0.15) is 0 Å². The van der Waals surface area contributed by atoms with Crippen molar-refractivity contribution in [1.82, 2.24) is 0 Å². The molecule has 206 valence electrons. The minimum Gasteiger partial charge on any atom is -0.479 e. The van der Waals surface area contributed by atoms with Gasteiger partial charge in [0.2, 0.25) is 5.91 Å². The number of aliphatic hydroxyl groups is 1. The number of carbonyl (C=O) groups excluding carboxylic acids is 1. The molecule has 2 N–H and O–H groups in total. The highest BCUT2D eigenvalue weighted by Crippen LogP contribution is 2.50. The van der Waals surface area contributed by atoms with Crippen molar-refractivity contribution in [3.63, 3.8) is 0 Å². The lowest BCUT2D eigenvalue weighted by atomic mass is 9.78.